The summed E-state index contributed by atoms with van der Waals surface area (Å²) in [5, 5.41) is 0. The molecule has 22 heavy (non-hydrogen) atoms. The van der Waals surface area contributed by atoms with E-state index >= 15 is 0 Å². The minimum atomic E-state index is -0.298. The van der Waals surface area contributed by atoms with Crippen LogP contribution in [0.1, 0.15) is 73.1 Å². The predicted octanol–water partition coefficient (Wildman–Crippen LogP) is 4.77. The molecule has 0 aromatic carbocycles. The zero-order valence-electron chi connectivity index (χ0n) is 14.9. The van der Waals surface area contributed by atoms with Crippen molar-refractivity contribution in [2.75, 3.05) is 0 Å². The van der Waals surface area contributed by atoms with Crippen LogP contribution in [0.2, 0.25) is 0 Å². The molecule has 0 N–H and O–H groups in total. The first kappa shape index (κ1) is 14.3. The van der Waals surface area contributed by atoms with Crippen molar-refractivity contribution in [2.45, 2.75) is 90.6 Å². The summed E-state index contributed by atoms with van der Waals surface area (Å²) in [6.45, 7) is 12.2. The first-order chi connectivity index (χ1) is 10.2. The van der Waals surface area contributed by atoms with Gasteiger partial charge in [-0.3, -0.25) is 0 Å². The van der Waals surface area contributed by atoms with E-state index in [2.05, 4.69) is 34.6 Å². The smallest absolute Gasteiger partial charge is 0.169 e. The van der Waals surface area contributed by atoms with E-state index in [0.717, 1.165) is 11.8 Å². The van der Waals surface area contributed by atoms with Gasteiger partial charge in [0.05, 0.1) is 11.7 Å². The molecule has 1 saturated heterocycles. The second-order valence-electron chi connectivity index (χ2n) is 10.2. The van der Waals surface area contributed by atoms with Crippen LogP contribution in [0.3, 0.4) is 0 Å². The maximum absolute atomic E-state index is 6.81. The lowest BCUT2D eigenvalue weighted by molar-refractivity contribution is -0.201. The zero-order chi connectivity index (χ0) is 15.5. The fraction of sp³-hybridized carbons (Fsp3) is 1.00. The van der Waals surface area contributed by atoms with Crippen molar-refractivity contribution in [3.8, 4) is 0 Å². The second kappa shape index (κ2) is 3.77. The third-order valence-electron chi connectivity index (χ3n) is 8.96. The molecule has 4 aliphatic carbocycles. The first-order valence-corrected chi connectivity index (χ1v) is 9.60. The number of fused-ring (bicyclic) bond motifs is 3. The average Bonchev–Trinajstić information content (AvgIpc) is 3.13. The molecule has 0 aromatic rings. The Morgan fingerprint density at radius 3 is 2.27 bits per heavy atom. The Bertz CT molecular complexity index is 524. The van der Waals surface area contributed by atoms with Gasteiger partial charge in [-0.05, 0) is 81.0 Å². The van der Waals surface area contributed by atoms with Crippen molar-refractivity contribution in [3.63, 3.8) is 0 Å². The fourth-order valence-corrected chi connectivity index (χ4v) is 7.64. The Balaban J connectivity index is 1.59. The summed E-state index contributed by atoms with van der Waals surface area (Å²) >= 11 is 0. The van der Waals surface area contributed by atoms with E-state index in [9.17, 15) is 0 Å². The van der Waals surface area contributed by atoms with Crippen molar-refractivity contribution in [1.82, 2.24) is 0 Å². The van der Waals surface area contributed by atoms with Crippen LogP contribution >= 0.6 is 0 Å². The third kappa shape index (κ3) is 1.42. The minimum absolute atomic E-state index is 0.0594. The van der Waals surface area contributed by atoms with Gasteiger partial charge in [-0.2, -0.15) is 0 Å². The van der Waals surface area contributed by atoms with Gasteiger partial charge in [0.25, 0.3) is 0 Å². The summed E-state index contributed by atoms with van der Waals surface area (Å²) in [5.41, 5.74) is 0.874. The van der Waals surface area contributed by atoms with Crippen molar-refractivity contribution < 1.29 is 9.47 Å². The molecule has 2 bridgehead atoms. The number of hydrogen-bond donors (Lipinski definition) is 0. The molecule has 2 heteroatoms. The normalized spacial score (nSPS) is 62.0. The SMILES string of the molecule is C[C@@H]1CC[C@H]2C(C)(C)[C@H]3C[C@@]12C[C@@H]1O[C@@](C)(C2CC2)O[C@@]13C. The highest BCUT2D eigenvalue weighted by Crippen LogP contribution is 2.75. The Morgan fingerprint density at radius 2 is 1.59 bits per heavy atom. The highest BCUT2D eigenvalue weighted by atomic mass is 16.8. The minimum Gasteiger partial charge on any atom is -0.344 e. The Labute approximate surface area is 135 Å². The van der Waals surface area contributed by atoms with Crippen LogP contribution in [0.4, 0.5) is 0 Å². The van der Waals surface area contributed by atoms with Crippen LogP contribution in [0, 0.1) is 34.5 Å². The Hall–Kier alpha value is -0.0800. The third-order valence-corrected chi connectivity index (χ3v) is 8.96. The topological polar surface area (TPSA) is 18.5 Å². The van der Waals surface area contributed by atoms with Gasteiger partial charge in [-0.1, -0.05) is 20.8 Å². The quantitative estimate of drug-likeness (QED) is 0.695. The Kier molecular flexibility index (Phi) is 2.45. The molecule has 5 aliphatic rings. The summed E-state index contributed by atoms with van der Waals surface area (Å²) < 4.78 is 13.5. The van der Waals surface area contributed by atoms with Gasteiger partial charge in [0.2, 0.25) is 0 Å². The van der Waals surface area contributed by atoms with Gasteiger partial charge in [-0.15, -0.1) is 0 Å². The van der Waals surface area contributed by atoms with Gasteiger partial charge in [0, 0.05) is 5.92 Å². The van der Waals surface area contributed by atoms with Crippen LogP contribution in [0.15, 0.2) is 0 Å². The van der Waals surface area contributed by atoms with Crippen LogP contribution in [0.25, 0.3) is 0 Å². The maximum Gasteiger partial charge on any atom is 0.169 e. The lowest BCUT2D eigenvalue weighted by atomic mass is 9.63. The summed E-state index contributed by atoms with van der Waals surface area (Å²) in [5.74, 6) is 2.75. The van der Waals surface area contributed by atoms with E-state index in [1.54, 1.807) is 0 Å². The molecule has 0 amide bonds. The van der Waals surface area contributed by atoms with Crippen LogP contribution in [-0.4, -0.2) is 17.5 Å². The van der Waals surface area contributed by atoms with Crippen molar-refractivity contribution in [3.05, 3.63) is 0 Å². The fourth-order valence-electron chi connectivity index (χ4n) is 7.64. The van der Waals surface area contributed by atoms with E-state index in [1.165, 1.54) is 38.5 Å². The molecule has 1 aliphatic heterocycles. The molecule has 124 valence electrons. The van der Waals surface area contributed by atoms with Crippen LogP contribution in [-0.2, 0) is 9.47 Å². The molecule has 4 saturated carbocycles. The number of ether oxygens (including phenoxy) is 2. The van der Waals surface area contributed by atoms with Gasteiger partial charge < -0.3 is 9.47 Å². The highest BCUT2D eigenvalue weighted by molar-refractivity contribution is 5.22. The number of hydrogen-bond acceptors (Lipinski definition) is 2. The maximum atomic E-state index is 6.81. The first-order valence-electron chi connectivity index (χ1n) is 9.60. The molecule has 1 heterocycles. The van der Waals surface area contributed by atoms with Crippen LogP contribution < -0.4 is 0 Å². The lowest BCUT2D eigenvalue weighted by Gasteiger charge is -2.47. The van der Waals surface area contributed by atoms with Crippen LogP contribution in [0.5, 0.6) is 0 Å². The molecule has 7 atom stereocenters. The summed E-state index contributed by atoms with van der Waals surface area (Å²) in [4.78, 5) is 0. The van der Waals surface area contributed by atoms with Crippen molar-refractivity contribution in [2.24, 2.45) is 34.5 Å². The second-order valence-corrected chi connectivity index (χ2v) is 10.2. The molecule has 5 rings (SSSR count). The van der Waals surface area contributed by atoms with E-state index < -0.39 is 0 Å². The lowest BCUT2D eigenvalue weighted by Crippen LogP contribution is -2.52. The van der Waals surface area contributed by atoms with Gasteiger partial charge in [-0.25, -0.2) is 0 Å². The summed E-state index contributed by atoms with van der Waals surface area (Å²) in [7, 11) is 0. The molecular weight excluding hydrogens is 272 g/mol. The van der Waals surface area contributed by atoms with Gasteiger partial charge in [0.1, 0.15) is 0 Å². The van der Waals surface area contributed by atoms with E-state index in [4.69, 9.17) is 9.47 Å². The number of rotatable bonds is 1. The summed E-state index contributed by atoms with van der Waals surface area (Å²) in [6, 6.07) is 0. The van der Waals surface area contributed by atoms with Crippen molar-refractivity contribution >= 4 is 0 Å². The largest absolute Gasteiger partial charge is 0.344 e. The molecule has 2 nitrogen and oxygen atoms in total. The van der Waals surface area contributed by atoms with Gasteiger partial charge in [0.15, 0.2) is 5.79 Å². The Morgan fingerprint density at radius 1 is 0.864 bits per heavy atom. The molecule has 5 fully saturated rings. The standard InChI is InChI=1S/C20H32O2/c1-12-6-9-14-17(2,3)15-10-20(12,14)11-16-18(15,4)22-19(5,21-16)13-7-8-13/h12-16H,6-11H2,1-5H3/t12-,14+,15-,16+,18-,19-,20-/m1/s1. The molecule has 0 unspecified atom stereocenters. The van der Waals surface area contributed by atoms with E-state index in [-0.39, 0.29) is 11.4 Å². The predicted molar refractivity (Wildman–Crippen MR) is 86.3 cm³/mol. The molecule has 0 radical (unpaired) electrons. The van der Waals surface area contributed by atoms with Crippen molar-refractivity contribution in [1.29, 1.82) is 0 Å². The average molecular weight is 304 g/mol. The summed E-state index contributed by atoms with van der Waals surface area (Å²) in [6.07, 6.45) is 8.37. The monoisotopic (exact) mass is 304 g/mol. The van der Waals surface area contributed by atoms with Gasteiger partial charge >= 0.3 is 0 Å². The zero-order valence-corrected chi connectivity index (χ0v) is 14.9. The van der Waals surface area contributed by atoms with E-state index in [0.29, 0.717) is 28.8 Å². The highest BCUT2D eigenvalue weighted by Gasteiger charge is 2.75. The molecule has 1 spiro atoms. The molecule has 0 aromatic heterocycles. The van der Waals surface area contributed by atoms with E-state index in [1.807, 2.05) is 0 Å². The molecular formula is C20H32O2.